The quantitative estimate of drug-likeness (QED) is 0.817. The van der Waals surface area contributed by atoms with Crippen molar-refractivity contribution in [2.75, 3.05) is 12.3 Å². The Balaban J connectivity index is 2.48. The molecule has 0 amide bonds. The maximum Gasteiger partial charge on any atom is 0.0285 e. The molecule has 1 unspecified atom stereocenters. The van der Waals surface area contributed by atoms with Gasteiger partial charge in [-0.15, -0.1) is 11.3 Å². The smallest absolute Gasteiger partial charge is 0.0285 e. The van der Waals surface area contributed by atoms with Gasteiger partial charge in [-0.25, -0.2) is 0 Å². The lowest BCUT2D eigenvalue weighted by molar-refractivity contribution is 0.574. The van der Waals surface area contributed by atoms with Crippen LogP contribution in [0, 0.1) is 0 Å². The van der Waals surface area contributed by atoms with Crippen LogP contribution in [0.4, 0.5) is 0 Å². The largest absolute Gasteiger partial charge is 0.313 e. The Bertz CT molecular complexity index is 330. The number of halogens is 1. The molecule has 17 heavy (non-hydrogen) atoms. The van der Waals surface area contributed by atoms with Gasteiger partial charge in [-0.2, -0.15) is 11.8 Å². The fourth-order valence-corrected chi connectivity index (χ4v) is 4.00. The molecule has 4 heteroatoms. The van der Waals surface area contributed by atoms with E-state index in [1.54, 1.807) is 0 Å². The predicted molar refractivity (Wildman–Crippen MR) is 85.4 cm³/mol. The molecule has 0 aliphatic heterocycles. The molecule has 1 heterocycles. The van der Waals surface area contributed by atoms with Crippen LogP contribution in [0.2, 0.25) is 0 Å². The molecule has 0 fully saturated rings. The monoisotopic (exact) mass is 335 g/mol. The van der Waals surface area contributed by atoms with Crippen molar-refractivity contribution < 1.29 is 0 Å². The van der Waals surface area contributed by atoms with E-state index in [4.69, 9.17) is 0 Å². The number of thiophene rings is 1. The molecule has 0 saturated heterocycles. The number of nitrogens with one attached hydrogen (secondary N) is 1. The lowest BCUT2D eigenvalue weighted by Crippen LogP contribution is -2.34. The zero-order valence-electron chi connectivity index (χ0n) is 11.0. The highest BCUT2D eigenvalue weighted by molar-refractivity contribution is 9.10. The van der Waals surface area contributed by atoms with Crippen molar-refractivity contribution in [3.05, 3.63) is 20.8 Å². The molecular formula is C13H22BrNS2. The summed E-state index contributed by atoms with van der Waals surface area (Å²) in [4.78, 5) is 1.46. The summed E-state index contributed by atoms with van der Waals surface area (Å²) in [5.74, 6) is 1.17. The van der Waals surface area contributed by atoms with E-state index in [1.165, 1.54) is 15.1 Å². The van der Waals surface area contributed by atoms with E-state index in [0.717, 1.165) is 13.0 Å². The van der Waals surface area contributed by atoms with E-state index in [2.05, 4.69) is 60.4 Å². The molecule has 0 spiro atoms. The van der Waals surface area contributed by atoms with E-state index in [0.29, 0.717) is 10.8 Å². The lowest BCUT2D eigenvalue weighted by Gasteiger charge is -2.23. The normalized spacial score (nSPS) is 13.9. The first-order chi connectivity index (χ1) is 7.90. The fourth-order valence-electron chi connectivity index (χ4n) is 1.53. The molecule has 98 valence electrons. The molecule has 0 radical (unpaired) electrons. The predicted octanol–water partition coefficient (Wildman–Crippen LogP) is 4.56. The zero-order chi connectivity index (χ0) is 12.9. The standard InChI is InChI=1S/C13H22BrNS2/c1-5-15-11(9-17-13(2,3)4)7-12-6-10(14)8-16-12/h6,8,11,15H,5,7,9H2,1-4H3. The first kappa shape index (κ1) is 15.5. The van der Waals surface area contributed by atoms with E-state index >= 15 is 0 Å². The molecule has 0 aliphatic rings. The maximum atomic E-state index is 3.58. The van der Waals surface area contributed by atoms with Crippen LogP contribution in [-0.4, -0.2) is 23.1 Å². The Labute approximate surface area is 122 Å². The number of thioether (sulfide) groups is 1. The van der Waals surface area contributed by atoms with Crippen molar-refractivity contribution in [3.63, 3.8) is 0 Å². The van der Waals surface area contributed by atoms with Gasteiger partial charge in [0.25, 0.3) is 0 Å². The summed E-state index contributed by atoms with van der Waals surface area (Å²) in [6, 6.07) is 2.81. The van der Waals surface area contributed by atoms with Crippen LogP contribution in [-0.2, 0) is 6.42 Å². The second-order valence-corrected chi connectivity index (χ2v) is 8.87. The third-order valence-corrected chi connectivity index (χ3v) is 5.43. The minimum absolute atomic E-state index is 0.351. The van der Waals surface area contributed by atoms with Gasteiger partial charge in [0.05, 0.1) is 0 Å². The van der Waals surface area contributed by atoms with Crippen molar-refractivity contribution in [2.45, 2.75) is 44.9 Å². The second kappa shape index (κ2) is 7.17. The summed E-state index contributed by atoms with van der Waals surface area (Å²) >= 11 is 7.40. The highest BCUT2D eigenvalue weighted by atomic mass is 79.9. The summed E-state index contributed by atoms with van der Waals surface area (Å²) in [5.41, 5.74) is 0. The molecule has 1 N–H and O–H groups in total. The van der Waals surface area contributed by atoms with Crippen LogP contribution >= 0.6 is 39.0 Å². The summed E-state index contributed by atoms with van der Waals surface area (Å²) in [5, 5.41) is 5.75. The second-order valence-electron chi connectivity index (χ2n) is 5.11. The van der Waals surface area contributed by atoms with Gasteiger partial charge in [-0.1, -0.05) is 27.7 Å². The molecule has 0 aromatic carbocycles. The van der Waals surface area contributed by atoms with Crippen LogP contribution in [0.15, 0.2) is 15.9 Å². The van der Waals surface area contributed by atoms with Gasteiger partial charge >= 0.3 is 0 Å². The summed E-state index contributed by atoms with van der Waals surface area (Å²) in [6.07, 6.45) is 1.13. The van der Waals surface area contributed by atoms with Gasteiger partial charge in [0.2, 0.25) is 0 Å². The zero-order valence-corrected chi connectivity index (χ0v) is 14.3. The van der Waals surface area contributed by atoms with Crippen molar-refractivity contribution in [1.82, 2.24) is 5.32 Å². The van der Waals surface area contributed by atoms with Gasteiger partial charge in [-0.05, 0) is 35.0 Å². The summed E-state index contributed by atoms with van der Waals surface area (Å²) in [6.45, 7) is 10.1. The van der Waals surface area contributed by atoms with Crippen LogP contribution in [0.1, 0.15) is 32.6 Å². The molecule has 1 nitrogen and oxygen atoms in total. The van der Waals surface area contributed by atoms with E-state index < -0.39 is 0 Å². The molecule has 1 aromatic rings. The molecule has 1 aromatic heterocycles. The van der Waals surface area contributed by atoms with Crippen LogP contribution < -0.4 is 5.32 Å². The third-order valence-electron chi connectivity index (χ3n) is 2.28. The van der Waals surface area contributed by atoms with Crippen molar-refractivity contribution in [1.29, 1.82) is 0 Å². The number of hydrogen-bond acceptors (Lipinski definition) is 3. The van der Waals surface area contributed by atoms with Crippen LogP contribution in [0.5, 0.6) is 0 Å². The van der Waals surface area contributed by atoms with Gasteiger partial charge in [0.1, 0.15) is 0 Å². The van der Waals surface area contributed by atoms with Gasteiger partial charge in [0.15, 0.2) is 0 Å². The molecule has 0 saturated carbocycles. The van der Waals surface area contributed by atoms with E-state index in [1.807, 2.05) is 23.1 Å². The molecule has 0 bridgehead atoms. The summed E-state index contributed by atoms with van der Waals surface area (Å²) in [7, 11) is 0. The first-order valence-corrected chi connectivity index (χ1v) is 8.67. The van der Waals surface area contributed by atoms with Gasteiger partial charge < -0.3 is 5.32 Å². The van der Waals surface area contributed by atoms with Crippen LogP contribution in [0.3, 0.4) is 0 Å². The third kappa shape index (κ3) is 6.85. The highest BCUT2D eigenvalue weighted by Gasteiger charge is 2.16. The van der Waals surface area contributed by atoms with Gasteiger partial charge in [0, 0.05) is 31.3 Å². The van der Waals surface area contributed by atoms with Gasteiger partial charge in [-0.3, -0.25) is 0 Å². The molecule has 0 aliphatic carbocycles. The fraction of sp³-hybridized carbons (Fsp3) is 0.692. The van der Waals surface area contributed by atoms with Crippen molar-refractivity contribution in [3.8, 4) is 0 Å². The van der Waals surface area contributed by atoms with Crippen molar-refractivity contribution >= 4 is 39.0 Å². The Morgan fingerprint density at radius 3 is 2.65 bits per heavy atom. The average molecular weight is 336 g/mol. The van der Waals surface area contributed by atoms with Crippen molar-refractivity contribution in [2.24, 2.45) is 0 Å². The Kier molecular flexibility index (Phi) is 6.56. The Morgan fingerprint density at radius 2 is 2.18 bits per heavy atom. The number of likely N-dealkylation sites (N-methyl/N-ethyl adjacent to an activating group) is 1. The average Bonchev–Trinajstić information content (AvgIpc) is 2.60. The molecular weight excluding hydrogens is 314 g/mol. The van der Waals surface area contributed by atoms with Crippen LogP contribution in [0.25, 0.3) is 0 Å². The molecule has 1 rings (SSSR count). The first-order valence-electron chi connectivity index (χ1n) is 6.01. The minimum atomic E-state index is 0.351. The lowest BCUT2D eigenvalue weighted by atomic mass is 10.2. The maximum absolute atomic E-state index is 3.58. The van der Waals surface area contributed by atoms with E-state index in [9.17, 15) is 0 Å². The highest BCUT2D eigenvalue weighted by Crippen LogP contribution is 2.26. The topological polar surface area (TPSA) is 12.0 Å². The number of rotatable bonds is 6. The summed E-state index contributed by atoms with van der Waals surface area (Å²) < 4.78 is 1.56. The molecule has 1 atom stereocenters. The van der Waals surface area contributed by atoms with E-state index in [-0.39, 0.29) is 0 Å². The Morgan fingerprint density at radius 1 is 1.47 bits per heavy atom. The minimum Gasteiger partial charge on any atom is -0.313 e. The Hall–Kier alpha value is 0.490. The number of hydrogen-bond donors (Lipinski definition) is 1. The SMILES string of the molecule is CCNC(CSC(C)(C)C)Cc1cc(Br)cs1.